The number of hydrogen-bond donors (Lipinski definition) is 0. The third kappa shape index (κ3) is 4.17. The highest BCUT2D eigenvalue weighted by Crippen LogP contribution is 2.30. The van der Waals surface area contributed by atoms with Crippen molar-refractivity contribution >= 4 is 31.9 Å². The molecule has 0 saturated heterocycles. The third-order valence-corrected chi connectivity index (χ3v) is 7.65. The van der Waals surface area contributed by atoms with E-state index in [0.717, 1.165) is 15.9 Å². The zero-order valence-electron chi connectivity index (χ0n) is 17.6. The first-order valence-electron chi connectivity index (χ1n) is 10.0. The lowest BCUT2D eigenvalue weighted by atomic mass is 10.1. The van der Waals surface area contributed by atoms with E-state index >= 15 is 0 Å². The Hall–Kier alpha value is -2.69. The number of ether oxygens (including phenoxy) is 2. The SMILES string of the molecule is CCOC(=O)c1nn(-c2ccc(OC)cc2)c2c1CN(S(=O)(=O)c1ccc(Br)cc1)CC2. The second-order valence-corrected chi connectivity index (χ2v) is 10.0. The van der Waals surface area contributed by atoms with Crippen molar-refractivity contribution in [2.24, 2.45) is 0 Å². The topological polar surface area (TPSA) is 90.7 Å². The minimum Gasteiger partial charge on any atom is -0.497 e. The Bertz CT molecular complexity index is 1240. The Labute approximate surface area is 194 Å². The van der Waals surface area contributed by atoms with E-state index < -0.39 is 16.0 Å². The van der Waals surface area contributed by atoms with Gasteiger partial charge in [-0.05, 0) is 55.5 Å². The van der Waals surface area contributed by atoms with Crippen molar-refractivity contribution < 1.29 is 22.7 Å². The van der Waals surface area contributed by atoms with Gasteiger partial charge < -0.3 is 9.47 Å². The average Bonchev–Trinajstić information content (AvgIpc) is 3.18. The summed E-state index contributed by atoms with van der Waals surface area (Å²) in [6.45, 7) is 2.23. The van der Waals surface area contributed by atoms with Gasteiger partial charge in [0.05, 0.1) is 30.0 Å². The normalized spacial score (nSPS) is 14.1. The third-order valence-electron chi connectivity index (χ3n) is 5.26. The minimum atomic E-state index is -3.73. The molecule has 8 nitrogen and oxygen atoms in total. The lowest BCUT2D eigenvalue weighted by molar-refractivity contribution is 0.0517. The Kier molecular flexibility index (Phi) is 6.36. The van der Waals surface area contributed by atoms with E-state index in [-0.39, 0.29) is 30.3 Å². The number of methoxy groups -OCH3 is 1. The zero-order chi connectivity index (χ0) is 22.9. The van der Waals surface area contributed by atoms with Crippen molar-refractivity contribution in [2.45, 2.75) is 24.8 Å². The van der Waals surface area contributed by atoms with Gasteiger partial charge in [0.1, 0.15) is 5.75 Å². The Morgan fingerprint density at radius 3 is 2.44 bits per heavy atom. The number of nitrogens with zero attached hydrogens (tertiary/aromatic N) is 3. The van der Waals surface area contributed by atoms with Crippen LogP contribution in [0, 0.1) is 0 Å². The fourth-order valence-corrected chi connectivity index (χ4v) is 5.33. The predicted octanol–water partition coefficient (Wildman–Crippen LogP) is 3.57. The first-order valence-corrected chi connectivity index (χ1v) is 12.3. The van der Waals surface area contributed by atoms with Crippen LogP contribution < -0.4 is 4.74 Å². The molecule has 10 heteroatoms. The molecular weight excluding hydrogens is 498 g/mol. The molecule has 0 fully saturated rings. The lowest BCUT2D eigenvalue weighted by Crippen LogP contribution is -2.36. The maximum absolute atomic E-state index is 13.2. The molecule has 0 unspecified atom stereocenters. The quantitative estimate of drug-likeness (QED) is 0.462. The molecule has 0 N–H and O–H groups in total. The second kappa shape index (κ2) is 9.05. The Morgan fingerprint density at radius 2 is 1.81 bits per heavy atom. The monoisotopic (exact) mass is 519 g/mol. The predicted molar refractivity (Wildman–Crippen MR) is 122 cm³/mol. The highest BCUT2D eigenvalue weighted by Gasteiger charge is 2.34. The van der Waals surface area contributed by atoms with Gasteiger partial charge in [-0.2, -0.15) is 9.40 Å². The molecule has 1 aliphatic heterocycles. The highest BCUT2D eigenvalue weighted by molar-refractivity contribution is 9.10. The summed E-state index contributed by atoms with van der Waals surface area (Å²) in [5, 5.41) is 4.51. The molecule has 0 spiro atoms. The summed E-state index contributed by atoms with van der Waals surface area (Å²) in [7, 11) is -2.15. The van der Waals surface area contributed by atoms with Gasteiger partial charge in [0.2, 0.25) is 10.0 Å². The molecule has 2 heterocycles. The van der Waals surface area contributed by atoms with Crippen LogP contribution in [-0.4, -0.2) is 48.7 Å². The molecule has 32 heavy (non-hydrogen) atoms. The van der Waals surface area contributed by atoms with Crippen LogP contribution in [0.2, 0.25) is 0 Å². The van der Waals surface area contributed by atoms with Gasteiger partial charge in [-0.3, -0.25) is 0 Å². The maximum Gasteiger partial charge on any atom is 0.359 e. The fourth-order valence-electron chi connectivity index (χ4n) is 3.66. The summed E-state index contributed by atoms with van der Waals surface area (Å²) < 4.78 is 40.7. The molecule has 0 bridgehead atoms. The van der Waals surface area contributed by atoms with Crippen LogP contribution in [0.1, 0.15) is 28.7 Å². The van der Waals surface area contributed by atoms with E-state index in [4.69, 9.17) is 9.47 Å². The highest BCUT2D eigenvalue weighted by atomic mass is 79.9. The smallest absolute Gasteiger partial charge is 0.359 e. The van der Waals surface area contributed by atoms with Gasteiger partial charge in [0, 0.05) is 29.5 Å². The molecule has 3 aromatic rings. The minimum absolute atomic E-state index is 0.0397. The lowest BCUT2D eigenvalue weighted by Gasteiger charge is -2.27. The molecule has 1 aromatic heterocycles. The summed E-state index contributed by atoms with van der Waals surface area (Å²) in [5.41, 5.74) is 2.24. The first kappa shape index (κ1) is 22.5. The van der Waals surface area contributed by atoms with Gasteiger partial charge >= 0.3 is 5.97 Å². The van der Waals surface area contributed by atoms with Crippen molar-refractivity contribution in [3.8, 4) is 11.4 Å². The zero-order valence-corrected chi connectivity index (χ0v) is 20.0. The molecule has 4 rings (SSSR count). The fraction of sp³-hybridized carbons (Fsp3) is 0.273. The van der Waals surface area contributed by atoms with Crippen LogP contribution in [0.3, 0.4) is 0 Å². The second-order valence-electron chi connectivity index (χ2n) is 7.15. The number of esters is 1. The number of sulfonamides is 1. The number of halogens is 1. The number of rotatable bonds is 6. The molecule has 0 amide bonds. The molecule has 0 saturated carbocycles. The van der Waals surface area contributed by atoms with Gasteiger partial charge in [0.25, 0.3) is 0 Å². The van der Waals surface area contributed by atoms with Crippen molar-refractivity contribution in [1.82, 2.24) is 14.1 Å². The van der Waals surface area contributed by atoms with Gasteiger partial charge in [-0.25, -0.2) is 17.9 Å². The number of carbonyl (C=O) groups is 1. The first-order chi connectivity index (χ1) is 15.3. The molecular formula is C22H22BrN3O5S. The van der Waals surface area contributed by atoms with E-state index in [2.05, 4.69) is 21.0 Å². The van der Waals surface area contributed by atoms with E-state index in [0.29, 0.717) is 17.7 Å². The number of fused-ring (bicyclic) bond motifs is 1. The van der Waals surface area contributed by atoms with E-state index in [1.54, 1.807) is 55.1 Å². The van der Waals surface area contributed by atoms with Gasteiger partial charge in [0.15, 0.2) is 5.69 Å². The van der Waals surface area contributed by atoms with Crippen LogP contribution in [0.25, 0.3) is 5.69 Å². The molecule has 0 aliphatic carbocycles. The van der Waals surface area contributed by atoms with E-state index in [9.17, 15) is 13.2 Å². The Morgan fingerprint density at radius 1 is 1.12 bits per heavy atom. The summed E-state index contributed by atoms with van der Waals surface area (Å²) in [6.07, 6.45) is 0.406. The van der Waals surface area contributed by atoms with Gasteiger partial charge in [-0.15, -0.1) is 0 Å². The van der Waals surface area contributed by atoms with Crippen LogP contribution >= 0.6 is 15.9 Å². The summed E-state index contributed by atoms with van der Waals surface area (Å²) in [4.78, 5) is 12.8. The summed E-state index contributed by atoms with van der Waals surface area (Å²) >= 11 is 3.33. The largest absolute Gasteiger partial charge is 0.497 e. The Balaban J connectivity index is 1.75. The van der Waals surface area contributed by atoms with Crippen molar-refractivity contribution in [3.05, 3.63) is 70.0 Å². The number of hydrogen-bond acceptors (Lipinski definition) is 6. The van der Waals surface area contributed by atoms with Crippen molar-refractivity contribution in [1.29, 1.82) is 0 Å². The van der Waals surface area contributed by atoms with Crippen LogP contribution in [0.15, 0.2) is 57.9 Å². The number of aromatic nitrogens is 2. The molecule has 0 radical (unpaired) electrons. The number of carbonyl (C=O) groups excluding carboxylic acids is 1. The van der Waals surface area contributed by atoms with E-state index in [1.807, 2.05) is 12.1 Å². The summed E-state index contributed by atoms with van der Waals surface area (Å²) in [6, 6.07) is 13.8. The molecule has 168 valence electrons. The van der Waals surface area contributed by atoms with Crippen LogP contribution in [0.4, 0.5) is 0 Å². The van der Waals surface area contributed by atoms with E-state index in [1.165, 1.54) is 4.31 Å². The standard InChI is InChI=1S/C22H22BrN3O5S/c1-3-31-22(27)21-19-14-25(32(28,29)18-10-4-15(23)5-11-18)13-12-20(19)26(24-21)16-6-8-17(30-2)9-7-16/h4-11H,3,12-14H2,1-2H3. The molecule has 0 atom stereocenters. The average molecular weight is 520 g/mol. The number of benzene rings is 2. The van der Waals surface area contributed by atoms with Crippen molar-refractivity contribution in [2.75, 3.05) is 20.3 Å². The summed E-state index contributed by atoms with van der Waals surface area (Å²) in [5.74, 6) is 0.131. The van der Waals surface area contributed by atoms with Gasteiger partial charge in [-0.1, -0.05) is 15.9 Å². The maximum atomic E-state index is 13.2. The van der Waals surface area contributed by atoms with Crippen LogP contribution in [0.5, 0.6) is 5.75 Å². The molecule has 2 aromatic carbocycles. The van der Waals surface area contributed by atoms with Crippen molar-refractivity contribution in [3.63, 3.8) is 0 Å². The molecule has 1 aliphatic rings. The van der Waals surface area contributed by atoms with Crippen LogP contribution in [-0.2, 0) is 27.7 Å².